The Morgan fingerprint density at radius 3 is 2.17 bits per heavy atom. The number of carbonyl (C=O) groups is 5. The van der Waals surface area contributed by atoms with Crippen LogP contribution in [0.4, 0.5) is 14.5 Å². The van der Waals surface area contributed by atoms with Gasteiger partial charge in [-0.1, -0.05) is 123 Å². The zero-order valence-electron chi connectivity index (χ0n) is 39.9. The minimum absolute atomic E-state index is 0.00241. The fourth-order valence-electron chi connectivity index (χ4n) is 9.38. The van der Waals surface area contributed by atoms with Gasteiger partial charge in [0, 0.05) is 29.0 Å². The van der Waals surface area contributed by atoms with Gasteiger partial charge >= 0.3 is 23.9 Å². The van der Waals surface area contributed by atoms with Crippen LogP contribution in [-0.2, 0) is 56.8 Å². The lowest BCUT2D eigenvalue weighted by molar-refractivity contribution is -0.155. The zero-order chi connectivity index (χ0) is 51.7. The van der Waals surface area contributed by atoms with Crippen LogP contribution in [0.3, 0.4) is 0 Å². The fraction of sp³-hybridized carbons (Fsp3) is 0.345. The van der Waals surface area contributed by atoms with Gasteiger partial charge in [0.2, 0.25) is 12.7 Å². The number of halogens is 4. The van der Waals surface area contributed by atoms with Gasteiger partial charge in [-0.3, -0.25) is 19.2 Å². The first-order chi connectivity index (χ1) is 34.4. The van der Waals surface area contributed by atoms with Crippen LogP contribution < -0.4 is 15.4 Å². The van der Waals surface area contributed by atoms with Crippen LogP contribution in [-0.4, -0.2) is 55.8 Å². The molecule has 2 fully saturated rings. The molecule has 3 unspecified atom stereocenters. The first-order valence-corrected chi connectivity index (χ1v) is 24.0. The van der Waals surface area contributed by atoms with Gasteiger partial charge in [0.05, 0.1) is 47.3 Å². The van der Waals surface area contributed by atoms with Gasteiger partial charge in [0.15, 0.2) is 0 Å². The number of amides is 1. The van der Waals surface area contributed by atoms with Crippen LogP contribution in [0.5, 0.6) is 5.75 Å². The number of esters is 4. The second kappa shape index (κ2) is 23.1. The van der Waals surface area contributed by atoms with Gasteiger partial charge in [-0.2, -0.15) is 5.26 Å². The summed E-state index contributed by atoms with van der Waals surface area (Å²) in [5, 5.41) is 17.0. The van der Waals surface area contributed by atoms with E-state index in [9.17, 15) is 29.2 Å². The number of methoxy groups -OCH3 is 1. The van der Waals surface area contributed by atoms with Gasteiger partial charge in [0.1, 0.15) is 36.0 Å². The molecule has 1 heterocycles. The van der Waals surface area contributed by atoms with Crippen molar-refractivity contribution in [3.8, 4) is 11.8 Å². The van der Waals surface area contributed by atoms with Crippen molar-refractivity contribution in [2.24, 2.45) is 23.2 Å². The SMILES string of the molecule is COc1cc(C(=O)OCOC(=O)C2CC2C(CCC(=O)OCc2ccccc2)C(=O)OCc2ccccc2)ccc1NC(=O)[C@@H]1N[C@@H](CC(C)(C)C)[C@](C#N)(c2ccc(Cl)cc2F)[C@H]1c1cccc(Cl)c1F. The van der Waals surface area contributed by atoms with E-state index < -0.39 is 94.8 Å². The molecule has 2 N–H and O–H groups in total. The summed E-state index contributed by atoms with van der Waals surface area (Å²) in [6.45, 7) is 5.07. The van der Waals surface area contributed by atoms with E-state index in [0.717, 1.165) is 17.2 Å². The van der Waals surface area contributed by atoms with E-state index in [2.05, 4.69) is 16.7 Å². The fourth-order valence-corrected chi connectivity index (χ4v) is 9.72. The van der Waals surface area contributed by atoms with E-state index >= 15 is 8.78 Å². The normalized spacial score (nSPS) is 20.6. The quantitative estimate of drug-likeness (QED) is 0.0455. The van der Waals surface area contributed by atoms with Crippen LogP contribution >= 0.6 is 23.2 Å². The number of hydrogen-bond donors (Lipinski definition) is 2. The highest BCUT2D eigenvalue weighted by Gasteiger charge is 2.61. The number of carbonyl (C=O) groups excluding carboxylic acids is 5. The molecule has 17 heteroatoms. The van der Waals surface area contributed by atoms with Gasteiger partial charge in [-0.25, -0.2) is 13.6 Å². The third-order valence-electron chi connectivity index (χ3n) is 12.9. The van der Waals surface area contributed by atoms with E-state index in [1.54, 1.807) is 12.1 Å². The molecule has 1 aliphatic carbocycles. The standard InChI is InChI=1S/C55H53Cl2F2N3O10/c1-54(2,3)27-45-55(30-60,40-21-19-35(56)25-42(40)58)47(37-16-11-17-41(57)48(37)59)49(62-45)50(64)61-43-22-18-34(24-44(43)68-4)51(65)71-31-72-53(67)39-26-38(39)36(52(66)70-29-33-14-9-6-10-15-33)20-23-46(63)69-28-32-12-7-5-8-13-32/h5-19,21-22,24-25,36,38-39,45,47,49,62H,20,23,26-29,31H2,1-4H3,(H,61,64)/t36?,38?,39?,45-,47-,49+,55-/m0/s1. The van der Waals surface area contributed by atoms with Gasteiger partial charge in [0.25, 0.3) is 0 Å². The Balaban J connectivity index is 1.01. The van der Waals surface area contributed by atoms with E-state index in [-0.39, 0.29) is 77.1 Å². The number of nitrogens with one attached hydrogen (secondary N) is 2. The Morgan fingerprint density at radius 1 is 0.847 bits per heavy atom. The molecule has 0 spiro atoms. The van der Waals surface area contributed by atoms with Crippen LogP contribution in [0.2, 0.25) is 10.0 Å². The minimum atomic E-state index is -1.87. The predicted molar refractivity (Wildman–Crippen MR) is 262 cm³/mol. The maximum Gasteiger partial charge on any atom is 0.341 e. The molecule has 13 nitrogen and oxygen atoms in total. The summed E-state index contributed by atoms with van der Waals surface area (Å²) in [7, 11) is 1.30. The molecule has 0 radical (unpaired) electrons. The summed E-state index contributed by atoms with van der Waals surface area (Å²) in [5.74, 6) is -8.51. The lowest BCUT2D eigenvalue weighted by atomic mass is 9.62. The topological polar surface area (TPSA) is 179 Å². The second-order valence-corrected chi connectivity index (χ2v) is 19.8. The monoisotopic (exact) mass is 1020 g/mol. The van der Waals surface area contributed by atoms with Crippen LogP contribution in [0.1, 0.15) is 85.0 Å². The van der Waals surface area contributed by atoms with Gasteiger partial charge in [-0.05, 0) is 83.7 Å². The van der Waals surface area contributed by atoms with Crippen LogP contribution in [0.15, 0.2) is 115 Å². The molecule has 1 saturated heterocycles. The third-order valence-corrected chi connectivity index (χ3v) is 13.4. The number of nitrogens with zero attached hydrogens (tertiary/aromatic N) is 1. The maximum atomic E-state index is 16.2. The third kappa shape index (κ3) is 12.4. The molecule has 376 valence electrons. The summed E-state index contributed by atoms with van der Waals surface area (Å²) in [6, 6.07) is 30.3. The molecule has 0 aromatic heterocycles. The highest BCUT2D eigenvalue weighted by molar-refractivity contribution is 6.31. The summed E-state index contributed by atoms with van der Waals surface area (Å²) < 4.78 is 59.4. The lowest BCUT2D eigenvalue weighted by Gasteiger charge is -2.37. The number of benzene rings is 5. The molecule has 72 heavy (non-hydrogen) atoms. The Morgan fingerprint density at radius 2 is 1.53 bits per heavy atom. The lowest BCUT2D eigenvalue weighted by Crippen LogP contribution is -2.45. The molecular weight excluding hydrogens is 972 g/mol. The van der Waals surface area contributed by atoms with E-state index in [0.29, 0.717) is 0 Å². The highest BCUT2D eigenvalue weighted by atomic mass is 35.5. The molecule has 1 saturated carbocycles. The smallest absolute Gasteiger partial charge is 0.341 e. The molecule has 5 aromatic rings. The van der Waals surface area contributed by atoms with Crippen molar-refractivity contribution in [1.82, 2.24) is 5.32 Å². The van der Waals surface area contributed by atoms with Crippen molar-refractivity contribution in [1.29, 1.82) is 5.26 Å². The number of nitriles is 1. The Hall–Kier alpha value is -6.86. The van der Waals surface area contributed by atoms with Crippen molar-refractivity contribution in [3.63, 3.8) is 0 Å². The number of hydrogen-bond acceptors (Lipinski definition) is 12. The van der Waals surface area contributed by atoms with Crippen molar-refractivity contribution >= 4 is 58.7 Å². The average molecular weight is 1020 g/mol. The maximum absolute atomic E-state index is 16.2. The Labute approximate surface area is 426 Å². The van der Waals surface area contributed by atoms with Crippen molar-refractivity contribution < 1.29 is 56.4 Å². The number of rotatable bonds is 19. The molecule has 2 aliphatic rings. The first-order valence-electron chi connectivity index (χ1n) is 23.2. The molecular formula is C55H53Cl2F2N3O10. The Bertz CT molecular complexity index is 2840. The van der Waals surface area contributed by atoms with Crippen LogP contribution in [0, 0.1) is 46.1 Å². The Kier molecular flexibility index (Phi) is 17.0. The van der Waals surface area contributed by atoms with Gasteiger partial charge < -0.3 is 34.3 Å². The largest absolute Gasteiger partial charge is 0.495 e. The minimum Gasteiger partial charge on any atom is -0.495 e. The summed E-state index contributed by atoms with van der Waals surface area (Å²) in [6.07, 6.45) is 0.508. The molecule has 7 rings (SSSR count). The van der Waals surface area contributed by atoms with Crippen molar-refractivity contribution in [3.05, 3.63) is 165 Å². The molecule has 5 aromatic carbocycles. The van der Waals surface area contributed by atoms with Gasteiger partial charge in [-0.15, -0.1) is 0 Å². The second-order valence-electron chi connectivity index (χ2n) is 19.0. The first kappa shape index (κ1) is 53.0. The van der Waals surface area contributed by atoms with E-state index in [4.69, 9.17) is 46.9 Å². The highest BCUT2D eigenvalue weighted by Crippen LogP contribution is 2.53. The molecule has 7 atom stereocenters. The number of ether oxygens (including phenoxy) is 5. The summed E-state index contributed by atoms with van der Waals surface area (Å²) >= 11 is 12.4. The van der Waals surface area contributed by atoms with Crippen molar-refractivity contribution in [2.45, 2.75) is 83.1 Å². The average Bonchev–Trinajstić information content (AvgIpc) is 4.09. The predicted octanol–water partition coefficient (Wildman–Crippen LogP) is 10.4. The molecule has 0 bridgehead atoms. The van der Waals surface area contributed by atoms with E-state index in [1.807, 2.05) is 69.3 Å². The molecule has 1 amide bonds. The number of anilines is 1. The summed E-state index contributed by atoms with van der Waals surface area (Å²) in [4.78, 5) is 67.2. The zero-order valence-corrected chi connectivity index (χ0v) is 41.4. The van der Waals surface area contributed by atoms with Crippen molar-refractivity contribution in [2.75, 3.05) is 19.2 Å². The molecule has 1 aliphatic heterocycles. The summed E-state index contributed by atoms with van der Waals surface area (Å²) in [5.41, 5.74) is -0.913. The van der Waals surface area contributed by atoms with Crippen LogP contribution in [0.25, 0.3) is 0 Å². The van der Waals surface area contributed by atoms with E-state index in [1.165, 1.54) is 55.6 Å².